The maximum absolute atomic E-state index is 12.5. The molecule has 1 atom stereocenters. The number of hydrogen-bond acceptors (Lipinski definition) is 5. The van der Waals surface area contributed by atoms with Gasteiger partial charge in [-0.05, 0) is 25.8 Å². The van der Waals surface area contributed by atoms with Crippen molar-refractivity contribution < 1.29 is 4.79 Å². The Labute approximate surface area is 116 Å². The molecule has 6 nitrogen and oxygen atoms in total. The molecule has 0 saturated carbocycles. The van der Waals surface area contributed by atoms with Crippen LogP contribution in [0.25, 0.3) is 0 Å². The van der Waals surface area contributed by atoms with Crippen LogP contribution in [0.3, 0.4) is 0 Å². The minimum atomic E-state index is -0.0225. The lowest BCUT2D eigenvalue weighted by Crippen LogP contribution is -2.31. The summed E-state index contributed by atoms with van der Waals surface area (Å²) in [6, 6.07) is 1.69. The van der Waals surface area contributed by atoms with Gasteiger partial charge in [-0.15, -0.1) is 0 Å². The largest absolute Gasteiger partial charge is 0.330 e. The van der Waals surface area contributed by atoms with E-state index in [1.165, 1.54) is 12.4 Å². The summed E-state index contributed by atoms with van der Waals surface area (Å²) in [4.78, 5) is 23.0. The number of amides is 1. The molecule has 1 aliphatic rings. The average molecular weight is 269 g/mol. The highest BCUT2D eigenvalue weighted by atomic mass is 16.2. The van der Waals surface area contributed by atoms with Gasteiger partial charge in [-0.2, -0.15) is 10.2 Å². The Morgan fingerprint density at radius 3 is 2.95 bits per heavy atom. The molecule has 2 aromatic rings. The third kappa shape index (κ3) is 2.36. The standard InChI is InChI=1S/C14H15N5O/c1-10-7-15-9-12(18-10)13-3-2-6-19(13)14(20)11-4-5-16-17-8-11/h4-5,7-9,13H,2-3,6H2,1H3/t13-/m0/s1. The highest BCUT2D eigenvalue weighted by molar-refractivity contribution is 5.94. The molecule has 0 aliphatic carbocycles. The van der Waals surface area contributed by atoms with E-state index in [0.29, 0.717) is 5.56 Å². The summed E-state index contributed by atoms with van der Waals surface area (Å²) in [5, 5.41) is 7.46. The van der Waals surface area contributed by atoms with Gasteiger partial charge in [0.05, 0.1) is 41.6 Å². The summed E-state index contributed by atoms with van der Waals surface area (Å²) in [5.41, 5.74) is 2.29. The first kappa shape index (κ1) is 12.7. The molecule has 1 amide bonds. The molecule has 3 heterocycles. The van der Waals surface area contributed by atoms with Crippen LogP contribution < -0.4 is 0 Å². The van der Waals surface area contributed by atoms with Crippen molar-refractivity contribution in [3.63, 3.8) is 0 Å². The van der Waals surface area contributed by atoms with Crippen LogP contribution in [0.15, 0.2) is 30.9 Å². The summed E-state index contributed by atoms with van der Waals surface area (Å²) < 4.78 is 0. The van der Waals surface area contributed by atoms with Gasteiger partial charge < -0.3 is 4.90 Å². The third-order valence-corrected chi connectivity index (χ3v) is 3.46. The van der Waals surface area contributed by atoms with Crippen LogP contribution in [0, 0.1) is 6.92 Å². The molecule has 2 aromatic heterocycles. The number of carbonyl (C=O) groups is 1. The van der Waals surface area contributed by atoms with Gasteiger partial charge in [0.25, 0.3) is 5.91 Å². The van der Waals surface area contributed by atoms with Crippen molar-refractivity contribution in [3.8, 4) is 0 Å². The molecule has 0 unspecified atom stereocenters. The second-order valence-corrected chi connectivity index (χ2v) is 4.87. The molecule has 6 heteroatoms. The molecule has 1 fully saturated rings. The van der Waals surface area contributed by atoms with Crippen LogP contribution >= 0.6 is 0 Å². The van der Waals surface area contributed by atoms with E-state index >= 15 is 0 Å². The molecule has 3 rings (SSSR count). The van der Waals surface area contributed by atoms with E-state index in [4.69, 9.17) is 0 Å². The van der Waals surface area contributed by atoms with Crippen LogP contribution in [0.4, 0.5) is 0 Å². The molecule has 20 heavy (non-hydrogen) atoms. The first-order valence-corrected chi connectivity index (χ1v) is 6.62. The van der Waals surface area contributed by atoms with Gasteiger partial charge >= 0.3 is 0 Å². The van der Waals surface area contributed by atoms with Crippen molar-refractivity contribution in [3.05, 3.63) is 47.8 Å². The van der Waals surface area contributed by atoms with E-state index in [0.717, 1.165) is 30.8 Å². The van der Waals surface area contributed by atoms with Gasteiger partial charge in [0.1, 0.15) is 0 Å². The topological polar surface area (TPSA) is 71.9 Å². The number of hydrogen-bond donors (Lipinski definition) is 0. The molecule has 0 spiro atoms. The molecule has 0 radical (unpaired) electrons. The van der Waals surface area contributed by atoms with Crippen molar-refractivity contribution in [1.82, 2.24) is 25.1 Å². The van der Waals surface area contributed by atoms with E-state index < -0.39 is 0 Å². The zero-order chi connectivity index (χ0) is 13.9. The van der Waals surface area contributed by atoms with Gasteiger partial charge in [0.2, 0.25) is 0 Å². The zero-order valence-electron chi connectivity index (χ0n) is 11.2. The van der Waals surface area contributed by atoms with Crippen LogP contribution in [0.1, 0.15) is 40.6 Å². The first-order chi connectivity index (χ1) is 9.75. The minimum Gasteiger partial charge on any atom is -0.330 e. The molecule has 1 aliphatic heterocycles. The number of carbonyl (C=O) groups excluding carboxylic acids is 1. The molecule has 102 valence electrons. The third-order valence-electron chi connectivity index (χ3n) is 3.46. The summed E-state index contributed by atoms with van der Waals surface area (Å²) in [6.45, 7) is 2.64. The van der Waals surface area contributed by atoms with Gasteiger partial charge in [-0.3, -0.25) is 14.8 Å². The Bertz CT molecular complexity index is 616. The predicted octanol–water partition coefficient (Wildman–Crippen LogP) is 1.55. The molecular weight excluding hydrogens is 254 g/mol. The smallest absolute Gasteiger partial charge is 0.256 e. The fourth-order valence-corrected chi connectivity index (χ4v) is 2.54. The molecule has 0 bridgehead atoms. The summed E-state index contributed by atoms with van der Waals surface area (Å²) >= 11 is 0. The number of aromatic nitrogens is 4. The molecule has 0 aromatic carbocycles. The fourth-order valence-electron chi connectivity index (χ4n) is 2.54. The van der Waals surface area contributed by atoms with Crippen molar-refractivity contribution in [2.24, 2.45) is 0 Å². The molecular formula is C14H15N5O. The van der Waals surface area contributed by atoms with Gasteiger partial charge in [0.15, 0.2) is 0 Å². The van der Waals surface area contributed by atoms with Crippen LogP contribution in [0.2, 0.25) is 0 Å². The quantitative estimate of drug-likeness (QED) is 0.827. The number of likely N-dealkylation sites (tertiary alicyclic amines) is 1. The Kier molecular flexibility index (Phi) is 3.37. The van der Waals surface area contributed by atoms with E-state index in [-0.39, 0.29) is 11.9 Å². The second-order valence-electron chi connectivity index (χ2n) is 4.87. The maximum atomic E-state index is 12.5. The molecule has 1 saturated heterocycles. The SMILES string of the molecule is Cc1cncc([C@@H]2CCCN2C(=O)c2ccnnc2)n1. The number of rotatable bonds is 2. The Morgan fingerprint density at radius 1 is 1.30 bits per heavy atom. The minimum absolute atomic E-state index is 0.00284. The van der Waals surface area contributed by atoms with Crippen molar-refractivity contribution in [1.29, 1.82) is 0 Å². The Morgan fingerprint density at radius 2 is 2.20 bits per heavy atom. The van der Waals surface area contributed by atoms with Gasteiger partial charge in [-0.1, -0.05) is 0 Å². The van der Waals surface area contributed by atoms with E-state index in [1.54, 1.807) is 18.5 Å². The summed E-state index contributed by atoms with van der Waals surface area (Å²) in [7, 11) is 0. The first-order valence-electron chi connectivity index (χ1n) is 6.62. The van der Waals surface area contributed by atoms with Crippen LogP contribution in [-0.4, -0.2) is 37.5 Å². The van der Waals surface area contributed by atoms with E-state index in [1.807, 2.05) is 11.8 Å². The van der Waals surface area contributed by atoms with Crippen molar-refractivity contribution >= 4 is 5.91 Å². The number of nitrogens with zero attached hydrogens (tertiary/aromatic N) is 5. The Hall–Kier alpha value is -2.37. The average Bonchev–Trinajstić information content (AvgIpc) is 2.97. The van der Waals surface area contributed by atoms with Crippen LogP contribution in [0.5, 0.6) is 0 Å². The number of aryl methyl sites for hydroxylation is 1. The predicted molar refractivity (Wildman–Crippen MR) is 71.8 cm³/mol. The van der Waals surface area contributed by atoms with Crippen LogP contribution in [-0.2, 0) is 0 Å². The highest BCUT2D eigenvalue weighted by Gasteiger charge is 2.31. The summed E-state index contributed by atoms with van der Waals surface area (Å²) in [6.07, 6.45) is 8.39. The van der Waals surface area contributed by atoms with Gasteiger partial charge in [0, 0.05) is 12.7 Å². The fraction of sp³-hybridized carbons (Fsp3) is 0.357. The normalized spacial score (nSPS) is 18.2. The lowest BCUT2D eigenvalue weighted by molar-refractivity contribution is 0.0732. The Balaban J connectivity index is 1.88. The monoisotopic (exact) mass is 269 g/mol. The lowest BCUT2D eigenvalue weighted by atomic mass is 10.1. The summed E-state index contributed by atoms with van der Waals surface area (Å²) in [5.74, 6) is -0.0225. The maximum Gasteiger partial charge on any atom is 0.256 e. The van der Waals surface area contributed by atoms with Gasteiger partial charge in [-0.25, -0.2) is 0 Å². The lowest BCUT2D eigenvalue weighted by Gasteiger charge is -2.24. The van der Waals surface area contributed by atoms with Crippen molar-refractivity contribution in [2.75, 3.05) is 6.54 Å². The zero-order valence-corrected chi connectivity index (χ0v) is 11.2. The highest BCUT2D eigenvalue weighted by Crippen LogP contribution is 2.31. The van der Waals surface area contributed by atoms with E-state index in [9.17, 15) is 4.79 Å². The second kappa shape index (κ2) is 5.32. The molecule has 0 N–H and O–H groups in total. The van der Waals surface area contributed by atoms with E-state index in [2.05, 4.69) is 20.2 Å². The van der Waals surface area contributed by atoms with Crippen molar-refractivity contribution in [2.45, 2.75) is 25.8 Å².